The predicted octanol–water partition coefficient (Wildman–Crippen LogP) is 1.85. The molecule has 0 saturated heterocycles. The van der Waals surface area contributed by atoms with Crippen LogP contribution in [0, 0.1) is 0 Å². The summed E-state index contributed by atoms with van der Waals surface area (Å²) < 4.78 is 5.73. The van der Waals surface area contributed by atoms with Gasteiger partial charge in [0.25, 0.3) is 0 Å². The Morgan fingerprint density at radius 3 is 2.78 bits per heavy atom. The lowest BCUT2D eigenvalue weighted by atomic mass is 10.4. The molecule has 1 rings (SSSR count). The van der Waals surface area contributed by atoms with Gasteiger partial charge in [0.05, 0.1) is 18.1 Å². The molecule has 102 valence electrons. The van der Waals surface area contributed by atoms with Gasteiger partial charge in [-0.1, -0.05) is 6.58 Å². The van der Waals surface area contributed by atoms with E-state index in [2.05, 4.69) is 34.2 Å². The van der Waals surface area contributed by atoms with E-state index in [9.17, 15) is 0 Å². The first-order valence-electron chi connectivity index (χ1n) is 6.02. The highest BCUT2D eigenvalue weighted by molar-refractivity contribution is 7.98. The lowest BCUT2D eigenvalue weighted by molar-refractivity contribution is 0.344. The summed E-state index contributed by atoms with van der Waals surface area (Å²) in [6, 6.07) is 4.11. The van der Waals surface area contributed by atoms with Crippen molar-refractivity contribution in [2.45, 2.75) is 12.3 Å². The van der Waals surface area contributed by atoms with Crippen molar-refractivity contribution >= 4 is 11.8 Å². The van der Waals surface area contributed by atoms with Crippen molar-refractivity contribution in [3.63, 3.8) is 0 Å². The summed E-state index contributed by atoms with van der Waals surface area (Å²) >= 11 is 1.85. The summed E-state index contributed by atoms with van der Waals surface area (Å²) in [7, 11) is 5.94. The number of rotatable bonds is 9. The van der Waals surface area contributed by atoms with Crippen molar-refractivity contribution in [1.29, 1.82) is 0 Å². The lowest BCUT2D eigenvalue weighted by Crippen LogP contribution is -2.24. The van der Waals surface area contributed by atoms with Crippen LogP contribution in [-0.4, -0.2) is 38.3 Å². The third-order valence-electron chi connectivity index (χ3n) is 2.32. The molecule has 0 amide bonds. The molecule has 1 aromatic heterocycles. The van der Waals surface area contributed by atoms with E-state index in [4.69, 9.17) is 4.42 Å². The number of nitrogens with zero attached hydrogens (tertiary/aromatic N) is 1. The summed E-state index contributed by atoms with van der Waals surface area (Å²) in [6.07, 6.45) is 0. The first-order valence-corrected chi connectivity index (χ1v) is 7.18. The first-order chi connectivity index (χ1) is 8.61. The van der Waals surface area contributed by atoms with Crippen molar-refractivity contribution in [2.75, 3.05) is 33.4 Å². The van der Waals surface area contributed by atoms with Gasteiger partial charge < -0.3 is 20.0 Å². The molecule has 0 aromatic carbocycles. The second-order valence-electron chi connectivity index (χ2n) is 4.31. The van der Waals surface area contributed by atoms with Gasteiger partial charge in [0.15, 0.2) is 0 Å². The van der Waals surface area contributed by atoms with E-state index >= 15 is 0 Å². The Kier molecular flexibility index (Phi) is 6.75. The molecule has 0 spiro atoms. The second kappa shape index (κ2) is 8.11. The maximum Gasteiger partial charge on any atom is 0.118 e. The van der Waals surface area contributed by atoms with Crippen LogP contribution < -0.4 is 10.6 Å². The maximum atomic E-state index is 5.73. The molecule has 0 aliphatic heterocycles. The van der Waals surface area contributed by atoms with Gasteiger partial charge in [0.2, 0.25) is 0 Å². The van der Waals surface area contributed by atoms with Gasteiger partial charge >= 0.3 is 0 Å². The van der Waals surface area contributed by atoms with Gasteiger partial charge in [-0.3, -0.25) is 0 Å². The molecule has 1 heterocycles. The van der Waals surface area contributed by atoms with Crippen LogP contribution in [0.1, 0.15) is 11.5 Å². The van der Waals surface area contributed by atoms with Crippen molar-refractivity contribution in [3.05, 3.63) is 36.1 Å². The minimum absolute atomic E-state index is 0.855. The van der Waals surface area contributed by atoms with E-state index < -0.39 is 0 Å². The van der Waals surface area contributed by atoms with Gasteiger partial charge in [-0.05, 0) is 26.2 Å². The zero-order chi connectivity index (χ0) is 13.4. The fourth-order valence-corrected chi connectivity index (χ4v) is 2.18. The Bertz CT molecular complexity index is 363. The number of hydrogen-bond acceptors (Lipinski definition) is 5. The maximum absolute atomic E-state index is 5.73. The largest absolute Gasteiger partial charge is 0.464 e. The van der Waals surface area contributed by atoms with E-state index in [0.29, 0.717) is 0 Å². The topological polar surface area (TPSA) is 40.4 Å². The predicted molar refractivity (Wildman–Crippen MR) is 78.5 cm³/mol. The Morgan fingerprint density at radius 1 is 1.39 bits per heavy atom. The van der Waals surface area contributed by atoms with Crippen LogP contribution in [0.5, 0.6) is 0 Å². The standard InChI is InChI=1S/C13H23N3OS/c1-11(14-2)15-7-8-18-10-13-6-5-12(17-13)9-16(3)4/h5-6,14-15H,1,7-10H2,2-4H3. The molecule has 0 aliphatic carbocycles. The minimum Gasteiger partial charge on any atom is -0.464 e. The molecule has 0 unspecified atom stereocenters. The van der Waals surface area contributed by atoms with E-state index in [-0.39, 0.29) is 0 Å². The molecule has 1 aromatic rings. The quantitative estimate of drug-likeness (QED) is 0.670. The zero-order valence-electron chi connectivity index (χ0n) is 11.5. The van der Waals surface area contributed by atoms with Crippen LogP contribution in [0.2, 0.25) is 0 Å². The Balaban J connectivity index is 2.15. The van der Waals surface area contributed by atoms with Crippen LogP contribution in [0.3, 0.4) is 0 Å². The smallest absolute Gasteiger partial charge is 0.118 e. The van der Waals surface area contributed by atoms with Gasteiger partial charge in [0.1, 0.15) is 11.5 Å². The summed E-state index contributed by atoms with van der Waals surface area (Å²) in [4.78, 5) is 2.10. The van der Waals surface area contributed by atoms with Crippen molar-refractivity contribution in [1.82, 2.24) is 15.5 Å². The first kappa shape index (κ1) is 15.0. The average Bonchev–Trinajstić information content (AvgIpc) is 2.75. The monoisotopic (exact) mass is 269 g/mol. The van der Waals surface area contributed by atoms with Crippen molar-refractivity contribution < 1.29 is 4.42 Å². The molecular weight excluding hydrogens is 246 g/mol. The fraction of sp³-hybridized carbons (Fsp3) is 0.538. The second-order valence-corrected chi connectivity index (χ2v) is 5.42. The van der Waals surface area contributed by atoms with Crippen LogP contribution in [-0.2, 0) is 12.3 Å². The SMILES string of the molecule is C=C(NC)NCCSCc1ccc(CN(C)C)o1. The highest BCUT2D eigenvalue weighted by atomic mass is 32.2. The molecule has 0 saturated carbocycles. The van der Waals surface area contributed by atoms with Gasteiger partial charge in [-0.25, -0.2) is 0 Å². The van der Waals surface area contributed by atoms with E-state index in [1.54, 1.807) is 0 Å². The molecule has 0 fully saturated rings. The molecule has 2 N–H and O–H groups in total. The summed E-state index contributed by atoms with van der Waals surface area (Å²) in [5.74, 6) is 4.88. The molecule has 0 radical (unpaired) electrons. The zero-order valence-corrected chi connectivity index (χ0v) is 12.3. The van der Waals surface area contributed by atoms with Crippen LogP contribution in [0.25, 0.3) is 0 Å². The Morgan fingerprint density at radius 2 is 2.11 bits per heavy atom. The molecular formula is C13H23N3OS. The number of nitrogens with one attached hydrogen (secondary N) is 2. The van der Waals surface area contributed by atoms with Crippen LogP contribution >= 0.6 is 11.8 Å². The number of furan rings is 1. The molecule has 0 atom stereocenters. The highest BCUT2D eigenvalue weighted by Crippen LogP contribution is 2.15. The summed E-state index contributed by atoms with van der Waals surface area (Å²) in [5, 5.41) is 6.14. The van der Waals surface area contributed by atoms with E-state index in [1.807, 2.05) is 32.9 Å². The van der Waals surface area contributed by atoms with Crippen LogP contribution in [0.4, 0.5) is 0 Å². The number of hydrogen-bond donors (Lipinski definition) is 2. The fourth-order valence-electron chi connectivity index (χ4n) is 1.43. The summed E-state index contributed by atoms with van der Waals surface area (Å²) in [5.41, 5.74) is 0. The van der Waals surface area contributed by atoms with Crippen LogP contribution in [0.15, 0.2) is 28.9 Å². The average molecular weight is 269 g/mol. The minimum atomic E-state index is 0.855. The Hall–Kier alpha value is -1.07. The molecule has 4 nitrogen and oxygen atoms in total. The van der Waals surface area contributed by atoms with Gasteiger partial charge in [0, 0.05) is 19.3 Å². The number of thioether (sulfide) groups is 1. The van der Waals surface area contributed by atoms with Gasteiger partial charge in [-0.15, -0.1) is 0 Å². The highest BCUT2D eigenvalue weighted by Gasteiger charge is 2.03. The van der Waals surface area contributed by atoms with Crippen molar-refractivity contribution in [3.8, 4) is 0 Å². The normalized spacial score (nSPS) is 10.7. The molecule has 18 heavy (non-hydrogen) atoms. The molecule has 0 bridgehead atoms. The molecule has 0 aliphatic rings. The van der Waals surface area contributed by atoms with Gasteiger partial charge in [-0.2, -0.15) is 11.8 Å². The van der Waals surface area contributed by atoms with E-state index in [1.165, 1.54) is 0 Å². The van der Waals surface area contributed by atoms with Crippen molar-refractivity contribution in [2.24, 2.45) is 0 Å². The van der Waals surface area contributed by atoms with E-state index in [0.717, 1.165) is 41.9 Å². The lowest BCUT2D eigenvalue weighted by Gasteiger charge is -2.07. The summed E-state index contributed by atoms with van der Waals surface area (Å²) in [6.45, 7) is 5.57. The molecule has 5 heteroatoms. The third kappa shape index (κ3) is 6.02. The third-order valence-corrected chi connectivity index (χ3v) is 3.30. The Labute approximate surface area is 114 Å².